The molecule has 1 heterocycles. The summed E-state index contributed by atoms with van der Waals surface area (Å²) in [7, 11) is 0. The molecule has 124 valence electrons. The van der Waals surface area contributed by atoms with Crippen molar-refractivity contribution >= 4 is 35.9 Å². The highest BCUT2D eigenvalue weighted by Gasteiger charge is 2.20. The van der Waals surface area contributed by atoms with Gasteiger partial charge in [-0.25, -0.2) is 4.99 Å². The minimum Gasteiger partial charge on any atom is -0.459 e. The predicted molar refractivity (Wildman–Crippen MR) is 97.2 cm³/mol. The van der Waals surface area contributed by atoms with Crippen LogP contribution in [0.5, 0.6) is 0 Å². The number of halogens is 1. The molecule has 21 heavy (non-hydrogen) atoms. The van der Waals surface area contributed by atoms with Gasteiger partial charge in [-0.05, 0) is 46.5 Å². The third kappa shape index (κ3) is 8.48. The number of ether oxygens (including phenoxy) is 1. The average Bonchev–Trinajstić information content (AvgIpc) is 2.33. The van der Waals surface area contributed by atoms with E-state index in [1.165, 1.54) is 12.8 Å². The van der Waals surface area contributed by atoms with Crippen molar-refractivity contribution in [2.75, 3.05) is 26.2 Å². The summed E-state index contributed by atoms with van der Waals surface area (Å²) in [6.45, 7) is 12.8. The first-order chi connectivity index (χ1) is 9.31. The van der Waals surface area contributed by atoms with E-state index in [1.807, 2.05) is 27.7 Å². The Morgan fingerprint density at radius 2 is 1.90 bits per heavy atom. The Bertz CT molecular complexity index is 345. The summed E-state index contributed by atoms with van der Waals surface area (Å²) >= 11 is 0. The molecule has 0 amide bonds. The normalized spacial score (nSPS) is 17.2. The molecule has 1 saturated heterocycles. The van der Waals surface area contributed by atoms with E-state index in [-0.39, 0.29) is 36.5 Å². The van der Waals surface area contributed by atoms with Crippen LogP contribution in [0.15, 0.2) is 4.99 Å². The van der Waals surface area contributed by atoms with Gasteiger partial charge in [-0.15, -0.1) is 24.0 Å². The van der Waals surface area contributed by atoms with E-state index in [0.29, 0.717) is 0 Å². The topological polar surface area (TPSA) is 53.9 Å². The molecule has 0 aliphatic carbocycles. The molecule has 1 N–H and O–H groups in total. The molecule has 0 aromatic carbocycles. The minimum atomic E-state index is -0.453. The highest BCUT2D eigenvalue weighted by Crippen LogP contribution is 2.16. The Balaban J connectivity index is 0.00000400. The molecule has 0 atom stereocenters. The molecule has 6 heteroatoms. The van der Waals surface area contributed by atoms with Gasteiger partial charge in [-0.1, -0.05) is 6.92 Å². The lowest BCUT2D eigenvalue weighted by Gasteiger charge is -2.33. The van der Waals surface area contributed by atoms with Crippen molar-refractivity contribution in [1.29, 1.82) is 0 Å². The Morgan fingerprint density at radius 1 is 1.33 bits per heavy atom. The van der Waals surface area contributed by atoms with E-state index >= 15 is 0 Å². The number of guanidine groups is 1. The second-order valence-electron chi connectivity index (χ2n) is 6.43. The summed E-state index contributed by atoms with van der Waals surface area (Å²) in [4.78, 5) is 18.4. The van der Waals surface area contributed by atoms with Gasteiger partial charge in [0.1, 0.15) is 12.1 Å². The van der Waals surface area contributed by atoms with Crippen molar-refractivity contribution in [2.24, 2.45) is 10.9 Å². The number of carbonyl (C=O) groups excluding carboxylic acids is 1. The third-order valence-electron chi connectivity index (χ3n) is 3.20. The van der Waals surface area contributed by atoms with E-state index in [0.717, 1.165) is 31.5 Å². The van der Waals surface area contributed by atoms with Crippen LogP contribution >= 0.6 is 24.0 Å². The molecular weight excluding hydrogens is 381 g/mol. The Kier molecular flexibility index (Phi) is 9.24. The van der Waals surface area contributed by atoms with Gasteiger partial charge in [-0.2, -0.15) is 0 Å². The Morgan fingerprint density at radius 3 is 2.38 bits per heavy atom. The zero-order valence-electron chi connectivity index (χ0n) is 13.9. The van der Waals surface area contributed by atoms with Crippen molar-refractivity contribution in [3.05, 3.63) is 0 Å². The van der Waals surface area contributed by atoms with Crippen LogP contribution < -0.4 is 5.32 Å². The number of hydrogen-bond donors (Lipinski definition) is 1. The lowest BCUT2D eigenvalue weighted by molar-refractivity contribution is -0.152. The smallest absolute Gasteiger partial charge is 0.328 e. The summed E-state index contributed by atoms with van der Waals surface area (Å²) in [6, 6.07) is 0. The second kappa shape index (κ2) is 9.48. The molecule has 1 aliphatic heterocycles. The quantitative estimate of drug-likeness (QED) is 0.336. The van der Waals surface area contributed by atoms with E-state index in [4.69, 9.17) is 4.74 Å². The number of nitrogens with zero attached hydrogens (tertiary/aromatic N) is 2. The first-order valence-electron chi connectivity index (χ1n) is 7.57. The molecule has 1 rings (SSSR count). The highest BCUT2D eigenvalue weighted by atomic mass is 127. The number of nitrogens with one attached hydrogen (secondary N) is 1. The van der Waals surface area contributed by atoms with Crippen LogP contribution in [0.25, 0.3) is 0 Å². The number of piperidine rings is 1. The highest BCUT2D eigenvalue weighted by molar-refractivity contribution is 14.0. The number of carbonyl (C=O) groups is 1. The van der Waals surface area contributed by atoms with Gasteiger partial charge >= 0.3 is 5.97 Å². The SMILES string of the molecule is CCNC(=NCC(=O)OC(C)(C)C)N1CCC(C)CC1.I. The van der Waals surface area contributed by atoms with Crippen molar-refractivity contribution in [3.63, 3.8) is 0 Å². The molecule has 0 aromatic rings. The largest absolute Gasteiger partial charge is 0.459 e. The van der Waals surface area contributed by atoms with Crippen molar-refractivity contribution in [3.8, 4) is 0 Å². The van der Waals surface area contributed by atoms with Gasteiger partial charge in [0.05, 0.1) is 0 Å². The Labute approximate surface area is 145 Å². The number of esters is 1. The second-order valence-corrected chi connectivity index (χ2v) is 6.43. The van der Waals surface area contributed by atoms with Crippen LogP contribution in [-0.4, -0.2) is 48.6 Å². The van der Waals surface area contributed by atoms with Crippen LogP contribution in [0.3, 0.4) is 0 Å². The number of hydrogen-bond acceptors (Lipinski definition) is 3. The minimum absolute atomic E-state index is 0. The monoisotopic (exact) mass is 411 g/mol. The predicted octanol–water partition coefficient (Wildman–Crippen LogP) is 2.64. The maximum Gasteiger partial charge on any atom is 0.328 e. The van der Waals surface area contributed by atoms with E-state index in [9.17, 15) is 4.79 Å². The zero-order valence-corrected chi connectivity index (χ0v) is 16.3. The van der Waals surface area contributed by atoms with Gasteiger partial charge in [-0.3, -0.25) is 4.79 Å². The van der Waals surface area contributed by atoms with Crippen LogP contribution in [0.2, 0.25) is 0 Å². The molecular formula is C15H30IN3O2. The summed E-state index contributed by atoms with van der Waals surface area (Å²) in [5, 5.41) is 3.25. The summed E-state index contributed by atoms with van der Waals surface area (Å²) in [5.74, 6) is 1.32. The van der Waals surface area contributed by atoms with E-state index in [2.05, 4.69) is 22.1 Å². The molecule has 5 nitrogen and oxygen atoms in total. The lowest BCUT2D eigenvalue weighted by Crippen LogP contribution is -2.45. The molecule has 0 bridgehead atoms. The summed E-state index contributed by atoms with van der Waals surface area (Å²) in [5.41, 5.74) is -0.453. The van der Waals surface area contributed by atoms with Gasteiger partial charge in [0.15, 0.2) is 5.96 Å². The fourth-order valence-corrected chi connectivity index (χ4v) is 2.16. The molecule has 0 spiro atoms. The van der Waals surface area contributed by atoms with E-state index < -0.39 is 5.60 Å². The first kappa shape index (κ1) is 20.5. The Hall–Kier alpha value is -0.530. The van der Waals surface area contributed by atoms with Crippen molar-refractivity contribution in [1.82, 2.24) is 10.2 Å². The first-order valence-corrected chi connectivity index (χ1v) is 7.57. The van der Waals surface area contributed by atoms with Gasteiger partial charge in [0, 0.05) is 19.6 Å². The zero-order chi connectivity index (χ0) is 15.2. The van der Waals surface area contributed by atoms with Crippen LogP contribution in [0, 0.1) is 5.92 Å². The maximum absolute atomic E-state index is 11.7. The molecule has 0 radical (unpaired) electrons. The van der Waals surface area contributed by atoms with Crippen molar-refractivity contribution < 1.29 is 9.53 Å². The lowest BCUT2D eigenvalue weighted by atomic mass is 10.00. The van der Waals surface area contributed by atoms with Crippen LogP contribution in [0.4, 0.5) is 0 Å². The van der Waals surface area contributed by atoms with Gasteiger partial charge < -0.3 is 15.0 Å². The fourth-order valence-electron chi connectivity index (χ4n) is 2.16. The molecule has 0 aromatic heterocycles. The van der Waals surface area contributed by atoms with Gasteiger partial charge in [0.2, 0.25) is 0 Å². The van der Waals surface area contributed by atoms with E-state index in [1.54, 1.807) is 0 Å². The van der Waals surface area contributed by atoms with Crippen LogP contribution in [-0.2, 0) is 9.53 Å². The number of likely N-dealkylation sites (tertiary alicyclic amines) is 1. The maximum atomic E-state index is 11.7. The standard InChI is InChI=1S/C15H29N3O2.HI/c1-6-16-14(18-9-7-12(2)8-10-18)17-11-13(19)20-15(3,4)5;/h12H,6-11H2,1-5H3,(H,16,17);1H. The van der Waals surface area contributed by atoms with Gasteiger partial charge in [0.25, 0.3) is 0 Å². The summed E-state index contributed by atoms with van der Waals surface area (Å²) in [6.07, 6.45) is 2.35. The molecule has 0 unspecified atom stereocenters. The molecule has 1 aliphatic rings. The third-order valence-corrected chi connectivity index (χ3v) is 3.20. The van der Waals surface area contributed by atoms with Crippen molar-refractivity contribution in [2.45, 2.75) is 53.1 Å². The van der Waals surface area contributed by atoms with Crippen LogP contribution in [0.1, 0.15) is 47.5 Å². The molecule has 1 fully saturated rings. The number of aliphatic imine (C=N–C) groups is 1. The molecule has 0 saturated carbocycles. The fraction of sp³-hybridized carbons (Fsp3) is 0.867. The number of rotatable bonds is 3. The average molecular weight is 411 g/mol. The summed E-state index contributed by atoms with van der Waals surface area (Å²) < 4.78 is 5.28.